The predicted octanol–water partition coefficient (Wildman–Crippen LogP) is 4.83. The van der Waals surface area contributed by atoms with Crippen molar-refractivity contribution in [1.29, 1.82) is 0 Å². The summed E-state index contributed by atoms with van der Waals surface area (Å²) < 4.78 is 0. The fraction of sp³-hybridized carbons (Fsp3) is 0.550. The van der Waals surface area contributed by atoms with E-state index < -0.39 is 11.4 Å². The van der Waals surface area contributed by atoms with E-state index in [9.17, 15) is 9.90 Å². The van der Waals surface area contributed by atoms with Gasteiger partial charge in [0.2, 0.25) is 0 Å². The molecular weight excluding hydrogens is 272 g/mol. The molecule has 1 saturated carbocycles. The van der Waals surface area contributed by atoms with E-state index in [4.69, 9.17) is 0 Å². The fourth-order valence-electron chi connectivity index (χ4n) is 4.52. The highest BCUT2D eigenvalue weighted by molar-refractivity contribution is 5.80. The number of carboxylic acids is 1. The van der Waals surface area contributed by atoms with E-state index in [-0.39, 0.29) is 5.41 Å². The van der Waals surface area contributed by atoms with Crippen molar-refractivity contribution in [1.82, 2.24) is 0 Å². The molecule has 3 rings (SSSR count). The average Bonchev–Trinajstić information content (AvgIpc) is 2.46. The lowest BCUT2D eigenvalue weighted by Crippen LogP contribution is -2.45. The number of hydrogen-bond acceptors (Lipinski definition) is 1. The zero-order valence-electron chi connectivity index (χ0n) is 14.1. The van der Waals surface area contributed by atoms with Crippen molar-refractivity contribution in [3.63, 3.8) is 0 Å². The van der Waals surface area contributed by atoms with Crippen LogP contribution < -0.4 is 0 Å². The number of benzene rings is 1. The van der Waals surface area contributed by atoms with Crippen molar-refractivity contribution in [2.45, 2.75) is 64.7 Å². The highest BCUT2D eigenvalue weighted by Crippen LogP contribution is 2.55. The summed E-state index contributed by atoms with van der Waals surface area (Å²) in [5.41, 5.74) is 4.41. The summed E-state index contributed by atoms with van der Waals surface area (Å²) in [5, 5.41) is 9.77. The van der Waals surface area contributed by atoms with Gasteiger partial charge in [-0.25, -0.2) is 0 Å². The predicted molar refractivity (Wildman–Crippen MR) is 89.3 cm³/mol. The average molecular weight is 298 g/mol. The Morgan fingerprint density at radius 2 is 1.95 bits per heavy atom. The highest BCUT2D eigenvalue weighted by Gasteiger charge is 2.50. The van der Waals surface area contributed by atoms with Crippen LogP contribution in [-0.4, -0.2) is 11.1 Å². The van der Waals surface area contributed by atoms with E-state index in [0.29, 0.717) is 5.92 Å². The van der Waals surface area contributed by atoms with Gasteiger partial charge in [0.15, 0.2) is 0 Å². The monoisotopic (exact) mass is 298 g/mol. The Bertz CT molecular complexity index is 656. The molecule has 0 aliphatic heterocycles. The van der Waals surface area contributed by atoms with Gasteiger partial charge >= 0.3 is 5.97 Å². The number of carbonyl (C=O) groups is 1. The third kappa shape index (κ3) is 2.04. The van der Waals surface area contributed by atoms with Crippen LogP contribution in [0.1, 0.15) is 69.6 Å². The summed E-state index contributed by atoms with van der Waals surface area (Å²) in [6, 6.07) is 6.81. The molecule has 2 aliphatic carbocycles. The van der Waals surface area contributed by atoms with Crippen LogP contribution in [0.25, 0.3) is 0 Å². The molecule has 0 saturated heterocycles. The Hall–Kier alpha value is -1.57. The van der Waals surface area contributed by atoms with Crippen LogP contribution in [0.5, 0.6) is 0 Å². The molecule has 0 bridgehead atoms. The van der Waals surface area contributed by atoms with Crippen molar-refractivity contribution >= 4 is 5.97 Å². The van der Waals surface area contributed by atoms with Gasteiger partial charge in [0.05, 0.1) is 5.41 Å². The van der Waals surface area contributed by atoms with Crippen LogP contribution in [-0.2, 0) is 16.6 Å². The first-order valence-corrected chi connectivity index (χ1v) is 8.37. The van der Waals surface area contributed by atoms with Crippen LogP contribution in [0.3, 0.4) is 0 Å². The van der Waals surface area contributed by atoms with E-state index >= 15 is 0 Å². The molecule has 1 aromatic rings. The summed E-state index contributed by atoms with van der Waals surface area (Å²) in [6.07, 6.45) is 5.85. The lowest BCUT2D eigenvalue weighted by molar-refractivity contribution is -0.147. The minimum atomic E-state index is -0.707. The number of aliphatic carboxylic acids is 1. The van der Waals surface area contributed by atoms with Gasteiger partial charge in [-0.1, -0.05) is 51.5 Å². The topological polar surface area (TPSA) is 37.3 Å². The molecule has 22 heavy (non-hydrogen) atoms. The molecule has 2 heteroatoms. The lowest BCUT2D eigenvalue weighted by atomic mass is 9.54. The smallest absolute Gasteiger partial charge is 0.313 e. The quantitative estimate of drug-likeness (QED) is 0.794. The second-order valence-electron chi connectivity index (χ2n) is 7.72. The molecule has 1 fully saturated rings. The first-order chi connectivity index (χ1) is 10.3. The SMILES string of the molecule is CC(C)c1ccc2c(c1)CC=C1[C@@](C)(C(=O)O)CCC[C@@]12C. The third-order valence-corrected chi connectivity index (χ3v) is 5.93. The zero-order chi connectivity index (χ0) is 16.1. The van der Waals surface area contributed by atoms with Crippen molar-refractivity contribution in [3.05, 3.63) is 46.5 Å². The molecule has 2 nitrogen and oxygen atoms in total. The van der Waals surface area contributed by atoms with Gasteiger partial charge in [0.1, 0.15) is 0 Å². The summed E-state index contributed by atoms with van der Waals surface area (Å²) in [5.74, 6) is -0.147. The van der Waals surface area contributed by atoms with Crippen molar-refractivity contribution in [3.8, 4) is 0 Å². The van der Waals surface area contributed by atoms with Crippen molar-refractivity contribution in [2.24, 2.45) is 5.41 Å². The molecule has 0 spiro atoms. The molecular formula is C20H26O2. The molecule has 0 amide bonds. The van der Waals surface area contributed by atoms with Gasteiger partial charge in [0, 0.05) is 5.41 Å². The Balaban J connectivity index is 2.12. The highest BCUT2D eigenvalue weighted by atomic mass is 16.4. The van der Waals surface area contributed by atoms with Crippen LogP contribution in [0.4, 0.5) is 0 Å². The molecule has 0 radical (unpaired) electrons. The second kappa shape index (κ2) is 4.97. The summed E-state index contributed by atoms with van der Waals surface area (Å²) in [4.78, 5) is 11.9. The summed E-state index contributed by atoms with van der Waals surface area (Å²) in [6.45, 7) is 8.59. The number of fused-ring (bicyclic) bond motifs is 3. The number of carboxylic acid groups (broad SMARTS) is 1. The maximum Gasteiger partial charge on any atom is 0.313 e. The minimum Gasteiger partial charge on any atom is -0.481 e. The molecule has 0 heterocycles. The molecule has 2 aliphatic rings. The Labute approximate surface area is 133 Å². The van der Waals surface area contributed by atoms with Gasteiger partial charge in [-0.2, -0.15) is 0 Å². The van der Waals surface area contributed by atoms with Gasteiger partial charge in [-0.15, -0.1) is 0 Å². The molecule has 1 aromatic carbocycles. The first kappa shape index (κ1) is 15.3. The third-order valence-electron chi connectivity index (χ3n) is 5.93. The molecule has 0 aromatic heterocycles. The molecule has 0 unspecified atom stereocenters. The van der Waals surface area contributed by atoms with E-state index in [1.807, 2.05) is 6.92 Å². The number of hydrogen-bond donors (Lipinski definition) is 1. The van der Waals surface area contributed by atoms with Gasteiger partial charge in [-0.3, -0.25) is 4.79 Å². The van der Waals surface area contributed by atoms with Gasteiger partial charge in [0.25, 0.3) is 0 Å². The fourth-order valence-corrected chi connectivity index (χ4v) is 4.52. The van der Waals surface area contributed by atoms with Gasteiger partial charge < -0.3 is 5.11 Å². The van der Waals surface area contributed by atoms with E-state index in [2.05, 4.69) is 45.0 Å². The first-order valence-electron chi connectivity index (χ1n) is 8.37. The van der Waals surface area contributed by atoms with Crippen LogP contribution >= 0.6 is 0 Å². The second-order valence-corrected chi connectivity index (χ2v) is 7.72. The summed E-state index contributed by atoms with van der Waals surface area (Å²) in [7, 11) is 0. The lowest BCUT2D eigenvalue weighted by Gasteiger charge is -2.48. The Kier molecular flexibility index (Phi) is 3.47. The number of rotatable bonds is 2. The normalized spacial score (nSPS) is 30.5. The van der Waals surface area contributed by atoms with E-state index in [1.54, 1.807) is 0 Å². The molecule has 1 N–H and O–H groups in total. The maximum absolute atomic E-state index is 11.9. The maximum atomic E-state index is 11.9. The van der Waals surface area contributed by atoms with Crippen LogP contribution in [0.2, 0.25) is 0 Å². The Morgan fingerprint density at radius 1 is 1.23 bits per heavy atom. The van der Waals surface area contributed by atoms with E-state index in [0.717, 1.165) is 31.3 Å². The summed E-state index contributed by atoms with van der Waals surface area (Å²) >= 11 is 0. The van der Waals surface area contributed by atoms with Crippen molar-refractivity contribution < 1.29 is 9.90 Å². The van der Waals surface area contributed by atoms with Crippen molar-refractivity contribution in [2.75, 3.05) is 0 Å². The minimum absolute atomic E-state index is 0.117. The van der Waals surface area contributed by atoms with Crippen LogP contribution in [0, 0.1) is 5.41 Å². The standard InChI is InChI=1S/C20H26O2/c1-13(2)14-6-8-16-15(12-14)7-9-17-19(16,3)10-5-11-20(17,4)18(21)22/h6,8-9,12-13H,5,7,10-11H2,1-4H3,(H,21,22)/t19-,20+/m1/s1. The molecule has 118 valence electrons. The van der Waals surface area contributed by atoms with E-state index in [1.165, 1.54) is 16.7 Å². The van der Waals surface area contributed by atoms with Gasteiger partial charge in [-0.05, 0) is 54.4 Å². The zero-order valence-corrected chi connectivity index (χ0v) is 14.1. The number of allylic oxidation sites excluding steroid dienone is 1. The Morgan fingerprint density at radius 3 is 2.59 bits per heavy atom. The van der Waals surface area contributed by atoms with Crippen LogP contribution in [0.15, 0.2) is 29.8 Å². The molecule has 2 atom stereocenters. The largest absolute Gasteiger partial charge is 0.481 e.